The van der Waals surface area contributed by atoms with Crippen LogP contribution in [0.2, 0.25) is 0 Å². The zero-order valence-corrected chi connectivity index (χ0v) is 12.7. The molecule has 0 radical (unpaired) electrons. The van der Waals surface area contributed by atoms with Gasteiger partial charge in [0.15, 0.2) is 0 Å². The maximum absolute atomic E-state index is 11.9. The zero-order valence-electron chi connectivity index (χ0n) is 12.7. The number of aliphatic hydroxyl groups is 1. The van der Waals surface area contributed by atoms with Crippen molar-refractivity contribution in [3.63, 3.8) is 0 Å². The van der Waals surface area contributed by atoms with Gasteiger partial charge in [-0.1, -0.05) is 32.1 Å². The van der Waals surface area contributed by atoms with E-state index in [0.717, 1.165) is 12.3 Å². The van der Waals surface area contributed by atoms with Gasteiger partial charge in [0.25, 0.3) is 0 Å². The van der Waals surface area contributed by atoms with E-state index >= 15 is 0 Å². The lowest BCUT2D eigenvalue weighted by atomic mass is 9.85. The van der Waals surface area contributed by atoms with E-state index in [1.165, 1.54) is 38.5 Å². The number of hydrogen-bond acceptors (Lipinski definition) is 2. The normalized spacial score (nSPS) is 19.8. The van der Waals surface area contributed by atoms with Gasteiger partial charge in [-0.25, -0.2) is 4.79 Å². The molecular weight excluding hydrogens is 240 g/mol. The molecule has 19 heavy (non-hydrogen) atoms. The third-order valence-corrected chi connectivity index (χ3v) is 4.35. The van der Waals surface area contributed by atoms with E-state index in [2.05, 4.69) is 12.2 Å². The smallest absolute Gasteiger partial charge is 0.317 e. The van der Waals surface area contributed by atoms with E-state index in [-0.39, 0.29) is 24.7 Å². The molecule has 4 heteroatoms. The highest BCUT2D eigenvalue weighted by Gasteiger charge is 2.18. The summed E-state index contributed by atoms with van der Waals surface area (Å²) >= 11 is 0. The van der Waals surface area contributed by atoms with Crippen LogP contribution < -0.4 is 5.32 Å². The number of nitrogens with one attached hydrogen (secondary N) is 1. The minimum absolute atomic E-state index is 0.000372. The predicted molar refractivity (Wildman–Crippen MR) is 78.1 cm³/mol. The van der Waals surface area contributed by atoms with Crippen LogP contribution in [0.25, 0.3) is 0 Å². The summed E-state index contributed by atoms with van der Waals surface area (Å²) < 4.78 is 0. The van der Waals surface area contributed by atoms with Gasteiger partial charge in [0.1, 0.15) is 0 Å². The fourth-order valence-electron chi connectivity index (χ4n) is 2.67. The summed E-state index contributed by atoms with van der Waals surface area (Å²) in [5.41, 5.74) is 0. The molecule has 0 bridgehead atoms. The molecule has 0 saturated heterocycles. The summed E-state index contributed by atoms with van der Waals surface area (Å²) in [5.74, 6) is 0.863. The Hall–Kier alpha value is -0.770. The van der Waals surface area contributed by atoms with E-state index < -0.39 is 0 Å². The van der Waals surface area contributed by atoms with Crippen LogP contribution in [0.3, 0.4) is 0 Å². The lowest BCUT2D eigenvalue weighted by Crippen LogP contribution is -2.46. The number of carbonyl (C=O) groups is 1. The lowest BCUT2D eigenvalue weighted by molar-refractivity contribution is 0.154. The first kappa shape index (κ1) is 16.3. The molecular formula is C15H30N2O2. The molecule has 4 nitrogen and oxygen atoms in total. The van der Waals surface area contributed by atoms with Crippen molar-refractivity contribution in [1.82, 2.24) is 10.2 Å². The minimum Gasteiger partial charge on any atom is -0.394 e. The Morgan fingerprint density at radius 1 is 1.32 bits per heavy atom. The van der Waals surface area contributed by atoms with Crippen molar-refractivity contribution in [2.75, 3.05) is 13.7 Å². The van der Waals surface area contributed by atoms with Gasteiger partial charge in [-0.3, -0.25) is 0 Å². The van der Waals surface area contributed by atoms with Crippen molar-refractivity contribution in [3.8, 4) is 0 Å². The van der Waals surface area contributed by atoms with Gasteiger partial charge in [0, 0.05) is 13.1 Å². The number of amides is 2. The average molecular weight is 270 g/mol. The molecule has 2 N–H and O–H groups in total. The summed E-state index contributed by atoms with van der Waals surface area (Å²) in [6.45, 7) is 3.91. The summed E-state index contributed by atoms with van der Waals surface area (Å²) in [6.07, 6.45) is 9.15. The van der Waals surface area contributed by atoms with Gasteiger partial charge in [0.2, 0.25) is 0 Å². The Balaban J connectivity index is 2.22. The topological polar surface area (TPSA) is 52.6 Å². The molecule has 2 unspecified atom stereocenters. The van der Waals surface area contributed by atoms with E-state index in [4.69, 9.17) is 5.11 Å². The SMILES string of the molecule is CC(CCC1CCCCC1)NC(=O)N(C)C(C)CO. The van der Waals surface area contributed by atoms with Crippen LogP contribution in [-0.2, 0) is 0 Å². The molecule has 1 saturated carbocycles. The van der Waals surface area contributed by atoms with Crippen LogP contribution in [0.15, 0.2) is 0 Å². The van der Waals surface area contributed by atoms with Crippen molar-refractivity contribution in [2.24, 2.45) is 5.92 Å². The summed E-state index contributed by atoms with van der Waals surface area (Å²) in [7, 11) is 1.73. The summed E-state index contributed by atoms with van der Waals surface area (Å²) in [4.78, 5) is 13.5. The lowest BCUT2D eigenvalue weighted by Gasteiger charge is -2.27. The van der Waals surface area contributed by atoms with Gasteiger partial charge in [-0.15, -0.1) is 0 Å². The predicted octanol–water partition coefficient (Wildman–Crippen LogP) is 2.76. The Kier molecular flexibility index (Phi) is 7.21. The fourth-order valence-corrected chi connectivity index (χ4v) is 2.67. The third-order valence-electron chi connectivity index (χ3n) is 4.35. The maximum Gasteiger partial charge on any atom is 0.317 e. The van der Waals surface area contributed by atoms with Crippen LogP contribution in [0.5, 0.6) is 0 Å². The van der Waals surface area contributed by atoms with Crippen LogP contribution in [-0.4, -0.2) is 41.8 Å². The van der Waals surface area contributed by atoms with Crippen molar-refractivity contribution in [1.29, 1.82) is 0 Å². The van der Waals surface area contributed by atoms with Gasteiger partial charge < -0.3 is 15.3 Å². The maximum atomic E-state index is 11.9. The Labute approximate surface area is 117 Å². The standard InChI is InChI=1S/C15H30N2O2/c1-12(9-10-14-7-5-4-6-8-14)16-15(19)17(3)13(2)11-18/h12-14,18H,4-11H2,1-3H3,(H,16,19). The number of urea groups is 1. The molecule has 112 valence electrons. The second-order valence-electron chi connectivity index (χ2n) is 6.07. The molecule has 2 amide bonds. The number of likely N-dealkylation sites (N-methyl/N-ethyl adjacent to an activating group) is 1. The first-order chi connectivity index (χ1) is 9.04. The van der Waals surface area contributed by atoms with Crippen molar-refractivity contribution >= 4 is 6.03 Å². The Morgan fingerprint density at radius 3 is 2.53 bits per heavy atom. The number of nitrogens with zero attached hydrogens (tertiary/aromatic N) is 1. The van der Waals surface area contributed by atoms with E-state index in [9.17, 15) is 4.79 Å². The van der Waals surface area contributed by atoms with Gasteiger partial charge in [0.05, 0.1) is 12.6 Å². The highest BCUT2D eigenvalue weighted by atomic mass is 16.3. The van der Waals surface area contributed by atoms with Crippen LogP contribution in [0.1, 0.15) is 58.8 Å². The highest BCUT2D eigenvalue weighted by Crippen LogP contribution is 2.27. The fraction of sp³-hybridized carbons (Fsp3) is 0.933. The summed E-state index contributed by atoms with van der Waals surface area (Å²) in [6, 6.07) is -0.00833. The van der Waals surface area contributed by atoms with E-state index in [0.29, 0.717) is 0 Å². The van der Waals surface area contributed by atoms with Gasteiger partial charge in [-0.2, -0.15) is 0 Å². The summed E-state index contributed by atoms with van der Waals surface area (Å²) in [5, 5.41) is 12.1. The van der Waals surface area contributed by atoms with Crippen molar-refractivity contribution in [3.05, 3.63) is 0 Å². The van der Waals surface area contributed by atoms with Crippen molar-refractivity contribution < 1.29 is 9.90 Å². The molecule has 0 heterocycles. The molecule has 0 spiro atoms. The molecule has 1 aliphatic rings. The molecule has 1 fully saturated rings. The number of aliphatic hydroxyl groups excluding tert-OH is 1. The second kappa shape index (κ2) is 8.41. The van der Waals surface area contributed by atoms with E-state index in [1.807, 2.05) is 6.92 Å². The monoisotopic (exact) mass is 270 g/mol. The first-order valence-corrected chi connectivity index (χ1v) is 7.68. The first-order valence-electron chi connectivity index (χ1n) is 7.68. The van der Waals surface area contributed by atoms with Gasteiger partial charge >= 0.3 is 6.03 Å². The number of hydrogen-bond donors (Lipinski definition) is 2. The van der Waals surface area contributed by atoms with Crippen LogP contribution in [0, 0.1) is 5.92 Å². The Bertz CT molecular complexity index is 265. The number of rotatable bonds is 6. The van der Waals surface area contributed by atoms with Crippen molar-refractivity contribution in [2.45, 2.75) is 70.9 Å². The Morgan fingerprint density at radius 2 is 1.95 bits per heavy atom. The number of carbonyl (C=O) groups excluding carboxylic acids is 1. The third kappa shape index (κ3) is 5.81. The quantitative estimate of drug-likeness (QED) is 0.779. The molecule has 0 aromatic carbocycles. The molecule has 0 aromatic rings. The van der Waals surface area contributed by atoms with Crippen LogP contribution >= 0.6 is 0 Å². The molecule has 0 aromatic heterocycles. The average Bonchev–Trinajstić information content (AvgIpc) is 2.44. The van der Waals surface area contributed by atoms with Crippen LogP contribution in [0.4, 0.5) is 4.79 Å². The molecule has 1 rings (SSSR count). The highest BCUT2D eigenvalue weighted by molar-refractivity contribution is 5.74. The molecule has 0 aliphatic heterocycles. The second-order valence-corrected chi connectivity index (χ2v) is 6.07. The zero-order chi connectivity index (χ0) is 14.3. The largest absolute Gasteiger partial charge is 0.394 e. The van der Waals surface area contributed by atoms with E-state index in [1.54, 1.807) is 11.9 Å². The van der Waals surface area contributed by atoms with Gasteiger partial charge in [-0.05, 0) is 32.6 Å². The molecule has 2 atom stereocenters. The molecule has 1 aliphatic carbocycles. The minimum atomic E-state index is -0.134.